The van der Waals surface area contributed by atoms with Gasteiger partial charge in [-0.3, -0.25) is 4.79 Å². The summed E-state index contributed by atoms with van der Waals surface area (Å²) in [5.74, 6) is 0.321. The van der Waals surface area contributed by atoms with Crippen LogP contribution in [0.25, 0.3) is 6.08 Å². The number of carbonyl (C=O) groups is 2. The number of fused-ring (bicyclic) bond motifs is 1. The summed E-state index contributed by atoms with van der Waals surface area (Å²) in [5.41, 5.74) is 3.10. The molecule has 0 spiro atoms. The minimum absolute atomic E-state index is 0.0531. The van der Waals surface area contributed by atoms with E-state index >= 15 is 0 Å². The molecule has 0 heterocycles. The summed E-state index contributed by atoms with van der Waals surface area (Å²) in [6, 6.07) is 13.3. The highest BCUT2D eigenvalue weighted by atomic mass is 16.5. The Kier molecular flexibility index (Phi) is 7.12. The first-order chi connectivity index (χ1) is 14.5. The van der Waals surface area contributed by atoms with Crippen LogP contribution in [0, 0.1) is 0 Å². The zero-order chi connectivity index (χ0) is 21.5. The van der Waals surface area contributed by atoms with E-state index in [0.29, 0.717) is 17.1 Å². The zero-order valence-electron chi connectivity index (χ0n) is 17.5. The van der Waals surface area contributed by atoms with Crippen molar-refractivity contribution in [2.24, 2.45) is 0 Å². The van der Waals surface area contributed by atoms with Crippen LogP contribution in [-0.2, 0) is 20.7 Å². The minimum Gasteiger partial charge on any atom is -0.497 e. The van der Waals surface area contributed by atoms with Gasteiger partial charge in [-0.2, -0.15) is 0 Å². The van der Waals surface area contributed by atoms with E-state index in [9.17, 15) is 9.59 Å². The van der Waals surface area contributed by atoms with E-state index in [1.54, 1.807) is 45.4 Å². The fourth-order valence-electron chi connectivity index (χ4n) is 3.57. The van der Waals surface area contributed by atoms with E-state index in [-0.39, 0.29) is 11.9 Å². The van der Waals surface area contributed by atoms with Crippen LogP contribution in [0.1, 0.15) is 42.5 Å². The van der Waals surface area contributed by atoms with E-state index in [1.807, 2.05) is 18.2 Å². The van der Waals surface area contributed by atoms with Crippen molar-refractivity contribution in [3.8, 4) is 11.5 Å². The Morgan fingerprint density at radius 3 is 2.70 bits per heavy atom. The maximum Gasteiger partial charge on any atom is 0.331 e. The molecule has 158 valence electrons. The second-order valence-corrected chi connectivity index (χ2v) is 7.17. The number of hydrogen-bond donors (Lipinski definition) is 1. The number of benzene rings is 2. The average molecular weight is 409 g/mol. The summed E-state index contributed by atoms with van der Waals surface area (Å²) in [5, 5.41) is 3.01. The number of methoxy groups -OCH3 is 2. The van der Waals surface area contributed by atoms with Gasteiger partial charge in [-0.25, -0.2) is 4.79 Å². The minimum atomic E-state index is -0.894. The molecule has 30 heavy (non-hydrogen) atoms. The normalized spacial score (nSPS) is 16.4. The summed E-state index contributed by atoms with van der Waals surface area (Å²) < 4.78 is 15.7. The smallest absolute Gasteiger partial charge is 0.331 e. The molecular weight excluding hydrogens is 382 g/mol. The maximum absolute atomic E-state index is 12.6. The molecule has 2 atom stereocenters. The number of ether oxygens (including phenoxy) is 3. The molecule has 0 aliphatic heterocycles. The lowest BCUT2D eigenvalue weighted by atomic mass is 9.87. The molecule has 0 fully saturated rings. The lowest BCUT2D eigenvalue weighted by Crippen LogP contribution is -2.39. The van der Waals surface area contributed by atoms with Gasteiger partial charge in [0.15, 0.2) is 6.10 Å². The van der Waals surface area contributed by atoms with E-state index in [0.717, 1.165) is 24.8 Å². The second kappa shape index (κ2) is 9.96. The van der Waals surface area contributed by atoms with Gasteiger partial charge in [-0.15, -0.1) is 0 Å². The number of nitrogens with one attached hydrogen (secondary N) is 1. The molecule has 1 N–H and O–H groups in total. The fourth-order valence-corrected chi connectivity index (χ4v) is 3.57. The molecule has 0 radical (unpaired) electrons. The monoisotopic (exact) mass is 409 g/mol. The SMILES string of the molecule is COc1ccc(/C=C/C(=O)O[C@@H](C)C(=O)N[C@@H]2CCCc3ccccc32)c(OC)c1. The van der Waals surface area contributed by atoms with Crippen molar-refractivity contribution in [3.63, 3.8) is 0 Å². The summed E-state index contributed by atoms with van der Waals surface area (Å²) in [7, 11) is 3.11. The standard InChI is InChI=1S/C24H27NO5/c1-16(24(27)25-21-10-6-8-17-7-4-5-9-20(17)21)30-23(26)14-12-18-11-13-19(28-2)15-22(18)29-3/h4-5,7,9,11-16,21H,6,8,10H2,1-3H3,(H,25,27)/b14-12+/t16-,21+/m0/s1. The maximum atomic E-state index is 12.6. The second-order valence-electron chi connectivity index (χ2n) is 7.17. The van der Waals surface area contributed by atoms with Crippen molar-refractivity contribution in [1.82, 2.24) is 5.32 Å². The highest BCUT2D eigenvalue weighted by Gasteiger charge is 2.24. The van der Waals surface area contributed by atoms with Gasteiger partial charge in [0.25, 0.3) is 5.91 Å². The van der Waals surface area contributed by atoms with Crippen LogP contribution in [0.15, 0.2) is 48.5 Å². The van der Waals surface area contributed by atoms with E-state index in [4.69, 9.17) is 14.2 Å². The number of amides is 1. The quantitative estimate of drug-likeness (QED) is 0.556. The molecule has 0 saturated carbocycles. The van der Waals surface area contributed by atoms with Crippen molar-refractivity contribution in [1.29, 1.82) is 0 Å². The van der Waals surface area contributed by atoms with Gasteiger partial charge in [-0.1, -0.05) is 24.3 Å². The van der Waals surface area contributed by atoms with Gasteiger partial charge in [-0.05, 0) is 55.5 Å². The Morgan fingerprint density at radius 2 is 1.93 bits per heavy atom. The Morgan fingerprint density at radius 1 is 1.13 bits per heavy atom. The first-order valence-electron chi connectivity index (χ1n) is 10.0. The summed E-state index contributed by atoms with van der Waals surface area (Å²) in [6.45, 7) is 1.57. The predicted octanol–water partition coefficient (Wildman–Crippen LogP) is 3.84. The predicted molar refractivity (Wildman–Crippen MR) is 114 cm³/mol. The fraction of sp³-hybridized carbons (Fsp3) is 0.333. The van der Waals surface area contributed by atoms with Crippen LogP contribution in [-0.4, -0.2) is 32.2 Å². The molecule has 6 nitrogen and oxygen atoms in total. The van der Waals surface area contributed by atoms with E-state index in [2.05, 4.69) is 11.4 Å². The average Bonchev–Trinajstić information content (AvgIpc) is 2.77. The summed E-state index contributed by atoms with van der Waals surface area (Å²) >= 11 is 0. The van der Waals surface area contributed by atoms with Crippen LogP contribution >= 0.6 is 0 Å². The molecule has 3 rings (SSSR count). The topological polar surface area (TPSA) is 73.9 Å². The van der Waals surface area contributed by atoms with Gasteiger partial charge in [0.1, 0.15) is 11.5 Å². The van der Waals surface area contributed by atoms with E-state index in [1.165, 1.54) is 11.6 Å². The molecule has 1 aliphatic carbocycles. The van der Waals surface area contributed by atoms with Gasteiger partial charge in [0, 0.05) is 17.7 Å². The van der Waals surface area contributed by atoms with E-state index < -0.39 is 12.1 Å². The van der Waals surface area contributed by atoms with Crippen molar-refractivity contribution < 1.29 is 23.8 Å². The van der Waals surface area contributed by atoms with Crippen LogP contribution in [0.5, 0.6) is 11.5 Å². The highest BCUT2D eigenvalue weighted by Crippen LogP contribution is 2.29. The van der Waals surface area contributed by atoms with Crippen molar-refractivity contribution in [3.05, 3.63) is 65.2 Å². The van der Waals surface area contributed by atoms with Crippen molar-refractivity contribution in [2.75, 3.05) is 14.2 Å². The molecule has 0 bridgehead atoms. The van der Waals surface area contributed by atoms with Crippen LogP contribution in [0.4, 0.5) is 0 Å². The largest absolute Gasteiger partial charge is 0.497 e. The third kappa shape index (κ3) is 5.20. The number of hydrogen-bond acceptors (Lipinski definition) is 5. The number of rotatable bonds is 7. The van der Waals surface area contributed by atoms with Crippen molar-refractivity contribution >= 4 is 18.0 Å². The molecule has 2 aromatic rings. The lowest BCUT2D eigenvalue weighted by Gasteiger charge is -2.27. The highest BCUT2D eigenvalue weighted by molar-refractivity contribution is 5.90. The molecule has 1 aliphatic rings. The number of carbonyl (C=O) groups excluding carboxylic acids is 2. The van der Waals surface area contributed by atoms with Gasteiger partial charge < -0.3 is 19.5 Å². The Balaban J connectivity index is 1.58. The first-order valence-corrected chi connectivity index (χ1v) is 10.0. The molecule has 6 heteroatoms. The zero-order valence-corrected chi connectivity index (χ0v) is 17.5. The van der Waals surface area contributed by atoms with Crippen molar-refractivity contribution in [2.45, 2.75) is 38.3 Å². The molecule has 0 aromatic heterocycles. The molecule has 2 aromatic carbocycles. The Hall–Kier alpha value is -3.28. The molecule has 0 unspecified atom stereocenters. The molecule has 0 saturated heterocycles. The van der Waals surface area contributed by atoms with Gasteiger partial charge in [0.05, 0.1) is 20.3 Å². The first kappa shape index (κ1) is 21.4. The number of aryl methyl sites for hydroxylation is 1. The van der Waals surface area contributed by atoms with Crippen LogP contribution < -0.4 is 14.8 Å². The summed E-state index contributed by atoms with van der Waals surface area (Å²) in [6.07, 6.45) is 4.89. The van der Waals surface area contributed by atoms with Crippen LogP contribution in [0.3, 0.4) is 0 Å². The third-order valence-electron chi connectivity index (χ3n) is 5.19. The van der Waals surface area contributed by atoms with Gasteiger partial charge in [0.2, 0.25) is 0 Å². The number of esters is 1. The van der Waals surface area contributed by atoms with Gasteiger partial charge >= 0.3 is 5.97 Å². The van der Waals surface area contributed by atoms with Crippen LogP contribution in [0.2, 0.25) is 0 Å². The molecule has 1 amide bonds. The summed E-state index contributed by atoms with van der Waals surface area (Å²) in [4.78, 5) is 24.7. The Bertz CT molecular complexity index is 937. The Labute approximate surface area is 176 Å². The lowest BCUT2D eigenvalue weighted by molar-refractivity contribution is -0.150. The molecular formula is C24H27NO5. The third-order valence-corrected chi connectivity index (χ3v) is 5.19.